The van der Waals surface area contributed by atoms with Gasteiger partial charge in [0.25, 0.3) is 0 Å². The number of fused-ring (bicyclic) bond motifs is 18. The smallest absolute Gasteiger partial charge is 0.165 e. The molecule has 5 aromatic carbocycles. The van der Waals surface area contributed by atoms with Gasteiger partial charge in [-0.05, 0) is 72.8 Å². The van der Waals surface area contributed by atoms with Crippen molar-refractivity contribution in [3.05, 3.63) is 156 Å². The van der Waals surface area contributed by atoms with Gasteiger partial charge in [0.2, 0.25) is 0 Å². The van der Waals surface area contributed by atoms with E-state index in [2.05, 4.69) is 82.8 Å². The van der Waals surface area contributed by atoms with Crippen LogP contribution in [0.25, 0.3) is 90.9 Å². The first-order valence-electron chi connectivity index (χ1n) is 23.4. The molecule has 2 N–H and O–H groups in total. The molecule has 4 aliphatic heterocycles. The Bertz CT molecular complexity index is 3150. The van der Waals surface area contributed by atoms with Gasteiger partial charge in [-0.2, -0.15) is 0 Å². The number of benzene rings is 5. The second-order valence-electron chi connectivity index (χ2n) is 17.0. The zero-order chi connectivity index (χ0) is 46.4. The second-order valence-corrected chi connectivity index (χ2v) is 17.0. The molecule has 7 heterocycles. The molecule has 12 bridgehead atoms. The van der Waals surface area contributed by atoms with Crippen molar-refractivity contribution in [1.82, 2.24) is 19.9 Å². The highest BCUT2D eigenvalue weighted by atomic mass is 16.6. The molecule has 12 heteroatoms. The molecule has 12 rings (SSSR count). The molecule has 0 aliphatic carbocycles. The highest BCUT2D eigenvalue weighted by Gasteiger charge is 2.24. The molecule has 0 amide bonds. The van der Waals surface area contributed by atoms with E-state index in [1.165, 1.54) is 0 Å². The van der Waals surface area contributed by atoms with Crippen molar-refractivity contribution >= 4 is 46.4 Å². The lowest BCUT2D eigenvalue weighted by molar-refractivity contribution is 0.180. The number of ether oxygens (including phenoxy) is 8. The van der Waals surface area contributed by atoms with Crippen molar-refractivity contribution in [2.75, 3.05) is 52.9 Å². The Morgan fingerprint density at radius 3 is 0.757 bits per heavy atom. The van der Waals surface area contributed by atoms with Crippen molar-refractivity contribution in [2.45, 2.75) is 0 Å². The molecule has 4 aliphatic rings. The highest BCUT2D eigenvalue weighted by Crippen LogP contribution is 2.45. The second kappa shape index (κ2) is 17.6. The van der Waals surface area contributed by atoms with Gasteiger partial charge >= 0.3 is 0 Å². The monoisotopic (exact) mass is 924 g/mol. The molecule has 0 spiro atoms. The van der Waals surface area contributed by atoms with Crippen molar-refractivity contribution in [1.29, 1.82) is 0 Å². The number of para-hydroxylation sites is 4. The van der Waals surface area contributed by atoms with Crippen molar-refractivity contribution in [2.24, 2.45) is 0 Å². The molecular formula is C58H44N4O8. The lowest BCUT2D eigenvalue weighted by Gasteiger charge is -2.20. The number of nitrogens with one attached hydrogen (secondary N) is 2. The van der Waals surface area contributed by atoms with Gasteiger partial charge in [-0.15, -0.1) is 0 Å². The van der Waals surface area contributed by atoms with Gasteiger partial charge in [0.05, 0.1) is 22.8 Å². The number of aromatic amines is 2. The van der Waals surface area contributed by atoms with Crippen LogP contribution in [0.15, 0.2) is 133 Å². The maximum atomic E-state index is 6.67. The molecule has 8 aromatic rings. The lowest BCUT2D eigenvalue weighted by Crippen LogP contribution is -2.15. The number of hydrogen-bond acceptors (Lipinski definition) is 10. The molecule has 0 fully saturated rings. The van der Waals surface area contributed by atoms with E-state index in [-0.39, 0.29) is 52.9 Å². The SMILES string of the molecule is C1=Cc2nc1c1c3ccc([nH]3)c3c4nc(c5c6ccc([nH]6)c2-c2ccccc2OCCOc2cc(c(cc2OCCOc2ccccc2-5)OCCOc2ccccc2-3)OCCOc2ccccc2-1)C=C4. The summed E-state index contributed by atoms with van der Waals surface area (Å²) in [6.07, 6.45) is 8.28. The predicted octanol–water partition coefficient (Wildman–Crippen LogP) is 12.1. The number of H-pyrrole nitrogens is 2. The third-order valence-electron chi connectivity index (χ3n) is 12.8. The van der Waals surface area contributed by atoms with Gasteiger partial charge in [-0.3, -0.25) is 0 Å². The minimum absolute atomic E-state index is 0.185. The van der Waals surface area contributed by atoms with Gasteiger partial charge in [-0.25, -0.2) is 9.97 Å². The van der Waals surface area contributed by atoms with E-state index in [4.69, 9.17) is 47.9 Å². The zero-order valence-electron chi connectivity index (χ0n) is 37.8. The fraction of sp³-hybridized carbons (Fsp3) is 0.138. The van der Waals surface area contributed by atoms with Crippen LogP contribution in [0.3, 0.4) is 0 Å². The van der Waals surface area contributed by atoms with Crippen LogP contribution in [0.1, 0.15) is 22.8 Å². The van der Waals surface area contributed by atoms with Gasteiger partial charge in [0, 0.05) is 78.7 Å². The molecule has 0 radical (unpaired) electrons. The Morgan fingerprint density at radius 2 is 0.500 bits per heavy atom. The van der Waals surface area contributed by atoms with Crippen LogP contribution in [0.4, 0.5) is 0 Å². The summed E-state index contributed by atoms with van der Waals surface area (Å²) < 4.78 is 52.8. The van der Waals surface area contributed by atoms with E-state index >= 15 is 0 Å². The molecule has 0 saturated heterocycles. The van der Waals surface area contributed by atoms with E-state index in [1.54, 1.807) is 12.1 Å². The average Bonchev–Trinajstić information content (AvgIpc) is 4.25. The van der Waals surface area contributed by atoms with Crippen LogP contribution in [-0.4, -0.2) is 72.8 Å². The summed E-state index contributed by atoms with van der Waals surface area (Å²) in [5, 5.41) is 0. The topological polar surface area (TPSA) is 131 Å². The van der Waals surface area contributed by atoms with Crippen molar-refractivity contribution in [3.63, 3.8) is 0 Å². The van der Waals surface area contributed by atoms with Crippen molar-refractivity contribution in [3.8, 4) is 90.5 Å². The standard InChI is InChI=1S/C58H44N4O8/c1-5-13-47-35(9-1)55-39-17-18-40(59-39)56-36-10-2-6-14-48(36)64-26-30-68-52-34-54-53(33-51(52)67-29-25-63-47)69-31-27-65-49-15-7-3-11-37(49)57(44-22-21-43(55)61-44)41-19-20-42(60-41)58(46-24-23-45(56)62-46)38-12-4-8-16-50(38)66-28-32-70-54/h1-24,33-34,59-60H,25-32H2. The van der Waals surface area contributed by atoms with Crippen LogP contribution < -0.4 is 37.9 Å². The molecule has 70 heavy (non-hydrogen) atoms. The van der Waals surface area contributed by atoms with Gasteiger partial charge in [0.1, 0.15) is 75.9 Å². The van der Waals surface area contributed by atoms with Crippen LogP contribution >= 0.6 is 0 Å². The largest absolute Gasteiger partial charge is 0.489 e. The van der Waals surface area contributed by atoms with Crippen LogP contribution in [0.5, 0.6) is 46.0 Å². The Labute approximate surface area is 402 Å². The summed E-state index contributed by atoms with van der Waals surface area (Å²) in [4.78, 5) is 18.8. The van der Waals surface area contributed by atoms with Gasteiger partial charge < -0.3 is 47.9 Å². The highest BCUT2D eigenvalue weighted by molar-refractivity contribution is 6.01. The normalized spacial score (nSPS) is 14.6. The van der Waals surface area contributed by atoms with E-state index in [9.17, 15) is 0 Å². The van der Waals surface area contributed by atoms with Crippen LogP contribution in [-0.2, 0) is 0 Å². The molecule has 12 nitrogen and oxygen atoms in total. The lowest BCUT2D eigenvalue weighted by atomic mass is 10.0. The summed E-state index contributed by atoms with van der Waals surface area (Å²) in [6.45, 7) is 1.59. The maximum absolute atomic E-state index is 6.67. The minimum atomic E-state index is 0.185. The first-order valence-corrected chi connectivity index (χ1v) is 23.4. The van der Waals surface area contributed by atoms with Crippen molar-refractivity contribution < 1.29 is 37.9 Å². The van der Waals surface area contributed by atoms with E-state index in [0.717, 1.165) is 89.4 Å². The Kier molecular flexibility index (Phi) is 10.4. The Morgan fingerprint density at radius 1 is 0.271 bits per heavy atom. The predicted molar refractivity (Wildman–Crippen MR) is 271 cm³/mol. The Hall–Kier alpha value is -8.90. The summed E-state index contributed by atoms with van der Waals surface area (Å²) in [5.74, 6) is 4.43. The van der Waals surface area contributed by atoms with E-state index < -0.39 is 0 Å². The number of rotatable bonds is 0. The zero-order valence-corrected chi connectivity index (χ0v) is 37.8. The molecule has 0 saturated carbocycles. The fourth-order valence-electron chi connectivity index (χ4n) is 9.72. The fourth-order valence-corrected chi connectivity index (χ4v) is 9.72. The minimum Gasteiger partial charge on any atom is -0.489 e. The molecule has 0 unspecified atom stereocenters. The van der Waals surface area contributed by atoms with Gasteiger partial charge in [0.15, 0.2) is 23.0 Å². The van der Waals surface area contributed by atoms with Gasteiger partial charge in [-0.1, -0.05) is 72.8 Å². The average molecular weight is 925 g/mol. The maximum Gasteiger partial charge on any atom is 0.165 e. The number of nitrogens with zero attached hydrogens (tertiary/aromatic N) is 2. The molecular weight excluding hydrogens is 881 g/mol. The quantitative estimate of drug-likeness (QED) is 0.152. The first kappa shape index (κ1) is 41.3. The molecule has 3 aromatic heterocycles. The Balaban J connectivity index is 1.23. The number of aromatic nitrogens is 4. The summed E-state index contributed by atoms with van der Waals surface area (Å²) in [5.41, 5.74) is 13.0. The third-order valence-corrected chi connectivity index (χ3v) is 12.8. The summed E-state index contributed by atoms with van der Waals surface area (Å²) in [7, 11) is 0. The number of hydrogen-bond donors (Lipinski definition) is 2. The molecule has 344 valence electrons. The third kappa shape index (κ3) is 7.50. The van der Waals surface area contributed by atoms with Crippen LogP contribution in [0, 0.1) is 0 Å². The van der Waals surface area contributed by atoms with E-state index in [1.807, 2.05) is 72.8 Å². The first-order chi connectivity index (χ1) is 34.7. The molecule has 0 atom stereocenters. The van der Waals surface area contributed by atoms with E-state index in [0.29, 0.717) is 46.0 Å². The summed E-state index contributed by atoms with van der Waals surface area (Å²) in [6, 6.07) is 44.1. The van der Waals surface area contributed by atoms with Crippen LogP contribution in [0.2, 0.25) is 0 Å². The summed E-state index contributed by atoms with van der Waals surface area (Å²) >= 11 is 0.